The average Bonchev–Trinajstić information content (AvgIpc) is 2.31. The molecule has 2 unspecified atom stereocenters. The molecule has 0 fully saturated rings. The van der Waals surface area contributed by atoms with Crippen LogP contribution in [0.5, 0.6) is 0 Å². The number of nitrogens with one attached hydrogen (secondary N) is 1. The number of hydrogen-bond acceptors (Lipinski definition) is 3. The van der Waals surface area contributed by atoms with Gasteiger partial charge in [0.05, 0.1) is 6.10 Å². The van der Waals surface area contributed by atoms with Crippen molar-refractivity contribution in [1.29, 1.82) is 0 Å². The molecule has 0 aliphatic heterocycles. The summed E-state index contributed by atoms with van der Waals surface area (Å²) in [5.41, 5.74) is 2.88. The van der Waals surface area contributed by atoms with Gasteiger partial charge in [-0.1, -0.05) is 32.3 Å². The average molecular weight is 228 g/mol. The Morgan fingerprint density at radius 2 is 2.06 bits per heavy atom. The van der Waals surface area contributed by atoms with E-state index in [-0.39, 0.29) is 12.1 Å². The molecule has 96 valence electrons. The monoisotopic (exact) mass is 228 g/mol. The van der Waals surface area contributed by atoms with E-state index in [0.717, 1.165) is 25.7 Å². The third-order valence-electron chi connectivity index (χ3n) is 2.96. The fourth-order valence-corrected chi connectivity index (χ4v) is 1.97. The zero-order chi connectivity index (χ0) is 12.2. The zero-order valence-corrected chi connectivity index (χ0v) is 10.9. The number of ether oxygens (including phenoxy) is 1. The van der Waals surface area contributed by atoms with Crippen molar-refractivity contribution in [1.82, 2.24) is 5.43 Å². The Balaban J connectivity index is 3.74. The van der Waals surface area contributed by atoms with Gasteiger partial charge >= 0.3 is 0 Å². The number of allylic oxidation sites excluding steroid dienone is 1. The lowest BCUT2D eigenvalue weighted by Crippen LogP contribution is -2.44. The summed E-state index contributed by atoms with van der Waals surface area (Å²) in [7, 11) is 1.77. The van der Waals surface area contributed by atoms with E-state index in [1.807, 2.05) is 6.08 Å². The second-order valence-corrected chi connectivity index (χ2v) is 4.26. The molecule has 0 saturated heterocycles. The van der Waals surface area contributed by atoms with Crippen molar-refractivity contribution in [3.05, 3.63) is 12.7 Å². The topological polar surface area (TPSA) is 47.3 Å². The van der Waals surface area contributed by atoms with Crippen LogP contribution in [-0.4, -0.2) is 19.3 Å². The van der Waals surface area contributed by atoms with E-state index >= 15 is 0 Å². The summed E-state index contributed by atoms with van der Waals surface area (Å²) in [6, 6.07) is 0.286. The lowest BCUT2D eigenvalue weighted by atomic mass is 10.00. The molecular formula is C13H28N2O. The van der Waals surface area contributed by atoms with Gasteiger partial charge in [0.25, 0.3) is 0 Å². The first kappa shape index (κ1) is 15.6. The van der Waals surface area contributed by atoms with Crippen molar-refractivity contribution < 1.29 is 4.74 Å². The lowest BCUT2D eigenvalue weighted by molar-refractivity contribution is 0.0573. The Hall–Kier alpha value is -0.380. The fourth-order valence-electron chi connectivity index (χ4n) is 1.97. The Bertz CT molecular complexity index is 162. The van der Waals surface area contributed by atoms with E-state index in [0.29, 0.717) is 0 Å². The van der Waals surface area contributed by atoms with Crippen molar-refractivity contribution >= 4 is 0 Å². The highest BCUT2D eigenvalue weighted by Crippen LogP contribution is 2.13. The van der Waals surface area contributed by atoms with Crippen molar-refractivity contribution in [2.45, 2.75) is 64.0 Å². The summed E-state index contributed by atoms with van der Waals surface area (Å²) in [6.07, 6.45) is 10.3. The standard InChI is InChI=1S/C13H28N2O/c1-4-6-7-8-9-11-12(15-14)13(16-3)10-5-2/h4,12-13,15H,1,5-11,14H2,2-3H3. The van der Waals surface area contributed by atoms with Crippen LogP contribution < -0.4 is 11.3 Å². The highest BCUT2D eigenvalue weighted by atomic mass is 16.5. The number of nitrogens with two attached hydrogens (primary N) is 1. The summed E-state index contributed by atoms with van der Waals surface area (Å²) in [6.45, 7) is 5.89. The van der Waals surface area contributed by atoms with Crippen LogP contribution in [0.4, 0.5) is 0 Å². The summed E-state index contributed by atoms with van der Waals surface area (Å²) < 4.78 is 5.46. The molecule has 0 heterocycles. The lowest BCUT2D eigenvalue weighted by Gasteiger charge is -2.25. The zero-order valence-electron chi connectivity index (χ0n) is 10.9. The van der Waals surface area contributed by atoms with Gasteiger partial charge < -0.3 is 4.74 Å². The quantitative estimate of drug-likeness (QED) is 0.247. The molecule has 0 saturated carbocycles. The van der Waals surface area contributed by atoms with Crippen LogP contribution >= 0.6 is 0 Å². The minimum absolute atomic E-state index is 0.245. The Kier molecular flexibility index (Phi) is 10.9. The van der Waals surface area contributed by atoms with E-state index in [9.17, 15) is 0 Å². The third kappa shape index (κ3) is 6.99. The van der Waals surface area contributed by atoms with E-state index in [2.05, 4.69) is 18.9 Å². The molecule has 2 atom stereocenters. The first-order chi connectivity index (χ1) is 7.79. The molecule has 0 aromatic rings. The normalized spacial score (nSPS) is 14.7. The van der Waals surface area contributed by atoms with E-state index in [1.54, 1.807) is 7.11 Å². The summed E-state index contributed by atoms with van der Waals surface area (Å²) in [4.78, 5) is 0. The molecule has 0 rings (SSSR count). The van der Waals surface area contributed by atoms with Gasteiger partial charge in [0.2, 0.25) is 0 Å². The largest absolute Gasteiger partial charge is 0.380 e. The van der Waals surface area contributed by atoms with Gasteiger partial charge in [0.15, 0.2) is 0 Å². The van der Waals surface area contributed by atoms with Gasteiger partial charge in [-0.15, -0.1) is 6.58 Å². The van der Waals surface area contributed by atoms with Crippen molar-refractivity contribution in [2.75, 3.05) is 7.11 Å². The molecule has 16 heavy (non-hydrogen) atoms. The second kappa shape index (κ2) is 11.1. The maximum absolute atomic E-state index is 5.57. The van der Waals surface area contributed by atoms with Gasteiger partial charge in [0.1, 0.15) is 0 Å². The van der Waals surface area contributed by atoms with E-state index in [4.69, 9.17) is 10.6 Å². The molecule has 0 radical (unpaired) electrons. The summed E-state index contributed by atoms with van der Waals surface area (Å²) in [5, 5.41) is 0. The van der Waals surface area contributed by atoms with Crippen LogP contribution in [-0.2, 0) is 4.74 Å². The van der Waals surface area contributed by atoms with Crippen LogP contribution in [0.2, 0.25) is 0 Å². The molecular weight excluding hydrogens is 200 g/mol. The smallest absolute Gasteiger partial charge is 0.0737 e. The number of unbranched alkanes of at least 4 members (excludes halogenated alkanes) is 3. The highest BCUT2D eigenvalue weighted by Gasteiger charge is 2.18. The Morgan fingerprint density at radius 3 is 2.56 bits per heavy atom. The van der Waals surface area contributed by atoms with Crippen LogP contribution in [0.25, 0.3) is 0 Å². The minimum atomic E-state index is 0.245. The van der Waals surface area contributed by atoms with Crippen molar-refractivity contribution in [2.24, 2.45) is 5.84 Å². The van der Waals surface area contributed by atoms with Gasteiger partial charge in [-0.05, 0) is 25.7 Å². The van der Waals surface area contributed by atoms with Crippen LogP contribution in [0, 0.1) is 0 Å². The minimum Gasteiger partial charge on any atom is -0.380 e. The molecule has 0 aromatic carbocycles. The number of hydrazine groups is 1. The molecule has 3 nitrogen and oxygen atoms in total. The third-order valence-corrected chi connectivity index (χ3v) is 2.96. The van der Waals surface area contributed by atoms with Crippen LogP contribution in [0.3, 0.4) is 0 Å². The first-order valence-electron chi connectivity index (χ1n) is 6.39. The van der Waals surface area contributed by atoms with Crippen LogP contribution in [0.15, 0.2) is 12.7 Å². The van der Waals surface area contributed by atoms with Crippen molar-refractivity contribution in [3.63, 3.8) is 0 Å². The predicted molar refractivity (Wildman–Crippen MR) is 70.1 cm³/mol. The Labute approximate surface area is 100 Å². The van der Waals surface area contributed by atoms with Crippen molar-refractivity contribution in [3.8, 4) is 0 Å². The number of hydrogen-bond donors (Lipinski definition) is 2. The molecule has 0 aliphatic rings. The molecule has 0 aliphatic carbocycles. The molecule has 3 heteroatoms. The van der Waals surface area contributed by atoms with E-state index < -0.39 is 0 Å². The highest BCUT2D eigenvalue weighted by molar-refractivity contribution is 4.75. The van der Waals surface area contributed by atoms with Gasteiger partial charge in [-0.3, -0.25) is 11.3 Å². The van der Waals surface area contributed by atoms with Gasteiger partial charge in [0, 0.05) is 13.2 Å². The number of rotatable bonds is 11. The van der Waals surface area contributed by atoms with E-state index in [1.165, 1.54) is 19.3 Å². The Morgan fingerprint density at radius 1 is 1.31 bits per heavy atom. The maximum Gasteiger partial charge on any atom is 0.0737 e. The first-order valence-corrected chi connectivity index (χ1v) is 6.39. The van der Waals surface area contributed by atoms with Gasteiger partial charge in [-0.25, -0.2) is 0 Å². The molecule has 0 amide bonds. The maximum atomic E-state index is 5.57. The molecule has 0 aromatic heterocycles. The summed E-state index contributed by atoms with van der Waals surface area (Å²) >= 11 is 0. The molecule has 0 spiro atoms. The summed E-state index contributed by atoms with van der Waals surface area (Å²) in [5.74, 6) is 5.57. The number of methoxy groups -OCH3 is 1. The molecule has 0 bridgehead atoms. The van der Waals surface area contributed by atoms with Gasteiger partial charge in [-0.2, -0.15) is 0 Å². The second-order valence-electron chi connectivity index (χ2n) is 4.26. The SMILES string of the molecule is C=CCCCCCC(NN)C(CCC)OC. The van der Waals surface area contributed by atoms with Crippen LogP contribution in [0.1, 0.15) is 51.9 Å². The molecule has 3 N–H and O–H groups in total. The fraction of sp³-hybridized carbons (Fsp3) is 0.846. The predicted octanol–water partition coefficient (Wildman–Crippen LogP) is 2.77.